The summed E-state index contributed by atoms with van der Waals surface area (Å²) in [4.78, 5) is 16.6. The second-order valence-electron chi connectivity index (χ2n) is 5.40. The molecule has 0 N–H and O–H groups in total. The fourth-order valence-electron chi connectivity index (χ4n) is 3.22. The molecule has 0 aliphatic carbocycles. The fourth-order valence-corrected chi connectivity index (χ4v) is 3.50. The lowest BCUT2D eigenvalue weighted by atomic mass is 9.97. The third kappa shape index (κ3) is 2.33. The van der Waals surface area contributed by atoms with Gasteiger partial charge in [-0.2, -0.15) is 0 Å². The number of carbonyl (C=O) groups is 1. The molecule has 0 saturated carbocycles. The highest BCUT2D eigenvalue weighted by Gasteiger charge is 2.34. The molecule has 1 aromatic heterocycles. The first-order valence-corrected chi connectivity index (χ1v) is 7.52. The number of carbonyl (C=O) groups excluding carboxylic acids is 1. The van der Waals surface area contributed by atoms with Gasteiger partial charge in [0.25, 0.3) is 0 Å². The number of halogens is 1. The van der Waals surface area contributed by atoms with Gasteiger partial charge in [0.05, 0.1) is 12.8 Å². The molecule has 110 valence electrons. The Morgan fingerprint density at radius 2 is 2.15 bits per heavy atom. The first-order valence-electron chi connectivity index (χ1n) is 7.14. The minimum atomic E-state index is -0.276. The molecule has 2 aliphatic heterocycles. The highest BCUT2D eigenvalue weighted by Crippen LogP contribution is 2.37. The molecule has 1 atom stereocenters. The first-order chi connectivity index (χ1) is 9.72. The minimum Gasteiger partial charge on any atom is -0.467 e. The van der Waals surface area contributed by atoms with Gasteiger partial charge in [-0.15, -0.1) is 0 Å². The zero-order valence-electron chi connectivity index (χ0n) is 11.6. The van der Waals surface area contributed by atoms with E-state index in [0.717, 1.165) is 56.8 Å². The Hall–Kier alpha value is -1.07. The van der Waals surface area contributed by atoms with E-state index in [1.807, 2.05) is 4.57 Å². The molecule has 5 nitrogen and oxygen atoms in total. The van der Waals surface area contributed by atoms with Crippen LogP contribution in [0.3, 0.4) is 0 Å². The molecule has 1 saturated heterocycles. The smallest absolute Gasteiger partial charge is 0.328 e. The van der Waals surface area contributed by atoms with Gasteiger partial charge in [0.1, 0.15) is 11.9 Å². The molecule has 0 radical (unpaired) electrons. The van der Waals surface area contributed by atoms with Gasteiger partial charge in [-0.3, -0.25) is 0 Å². The SMILES string of the molecule is COC(=O)C1CCCc2c(Cl)nc(C3CCOCC3)n21. The molecule has 1 aromatic rings. The molecular formula is C14H19ClN2O3. The number of nitrogens with zero attached hydrogens (tertiary/aromatic N) is 2. The molecule has 0 spiro atoms. The molecule has 0 bridgehead atoms. The number of ether oxygens (including phenoxy) is 2. The maximum absolute atomic E-state index is 12.0. The summed E-state index contributed by atoms with van der Waals surface area (Å²) in [5, 5.41) is 0.542. The van der Waals surface area contributed by atoms with Crippen molar-refractivity contribution in [2.75, 3.05) is 20.3 Å². The number of hydrogen-bond donors (Lipinski definition) is 0. The predicted molar refractivity (Wildman–Crippen MR) is 74.0 cm³/mol. The summed E-state index contributed by atoms with van der Waals surface area (Å²) in [6.07, 6.45) is 4.48. The van der Waals surface area contributed by atoms with E-state index in [4.69, 9.17) is 21.1 Å². The highest BCUT2D eigenvalue weighted by atomic mass is 35.5. The topological polar surface area (TPSA) is 53.4 Å². The Bertz CT molecular complexity index is 509. The van der Waals surface area contributed by atoms with Crippen LogP contribution < -0.4 is 0 Å². The molecule has 3 rings (SSSR count). The van der Waals surface area contributed by atoms with E-state index in [9.17, 15) is 4.79 Å². The molecule has 6 heteroatoms. The number of aromatic nitrogens is 2. The summed E-state index contributed by atoms with van der Waals surface area (Å²) in [5.74, 6) is 1.05. The zero-order chi connectivity index (χ0) is 14.1. The fraction of sp³-hybridized carbons (Fsp3) is 0.714. The van der Waals surface area contributed by atoms with E-state index < -0.39 is 0 Å². The van der Waals surface area contributed by atoms with E-state index in [1.165, 1.54) is 7.11 Å². The monoisotopic (exact) mass is 298 g/mol. The summed E-state index contributed by atoms with van der Waals surface area (Å²) < 4.78 is 12.4. The Balaban J connectivity index is 2.01. The second-order valence-corrected chi connectivity index (χ2v) is 5.75. The third-order valence-electron chi connectivity index (χ3n) is 4.25. The van der Waals surface area contributed by atoms with Crippen molar-refractivity contribution < 1.29 is 14.3 Å². The highest BCUT2D eigenvalue weighted by molar-refractivity contribution is 6.30. The molecule has 3 heterocycles. The largest absolute Gasteiger partial charge is 0.467 e. The number of fused-ring (bicyclic) bond motifs is 1. The number of imidazole rings is 1. The lowest BCUT2D eigenvalue weighted by molar-refractivity contribution is -0.145. The summed E-state index contributed by atoms with van der Waals surface area (Å²) >= 11 is 6.28. The summed E-state index contributed by atoms with van der Waals surface area (Å²) in [6.45, 7) is 1.49. The molecule has 2 aliphatic rings. The van der Waals surface area contributed by atoms with Crippen molar-refractivity contribution in [3.63, 3.8) is 0 Å². The molecule has 20 heavy (non-hydrogen) atoms. The van der Waals surface area contributed by atoms with Crippen molar-refractivity contribution >= 4 is 17.6 Å². The molecule has 1 fully saturated rings. The van der Waals surface area contributed by atoms with Gasteiger partial charge in [0, 0.05) is 19.1 Å². The zero-order valence-corrected chi connectivity index (χ0v) is 12.4. The third-order valence-corrected chi connectivity index (χ3v) is 4.55. The van der Waals surface area contributed by atoms with Crippen LogP contribution in [0.15, 0.2) is 0 Å². The summed E-state index contributed by atoms with van der Waals surface area (Å²) in [7, 11) is 1.43. The van der Waals surface area contributed by atoms with Gasteiger partial charge < -0.3 is 14.0 Å². The number of esters is 1. The second kappa shape index (κ2) is 5.74. The Morgan fingerprint density at radius 1 is 1.40 bits per heavy atom. The van der Waals surface area contributed by atoms with Gasteiger partial charge in [-0.1, -0.05) is 11.6 Å². The van der Waals surface area contributed by atoms with Crippen molar-refractivity contribution in [1.29, 1.82) is 0 Å². The van der Waals surface area contributed by atoms with Crippen LogP contribution in [0.25, 0.3) is 0 Å². The Labute approximate surface area is 123 Å². The average Bonchev–Trinajstić information content (AvgIpc) is 2.85. The molecule has 0 aromatic carbocycles. The summed E-state index contributed by atoms with van der Waals surface area (Å²) in [6, 6.07) is -0.276. The van der Waals surface area contributed by atoms with Crippen LogP contribution in [-0.2, 0) is 20.7 Å². The maximum Gasteiger partial charge on any atom is 0.328 e. The van der Waals surface area contributed by atoms with Crippen molar-refractivity contribution in [2.45, 2.75) is 44.1 Å². The van der Waals surface area contributed by atoms with Gasteiger partial charge >= 0.3 is 5.97 Å². The predicted octanol–water partition coefficient (Wildman–Crippen LogP) is 2.48. The van der Waals surface area contributed by atoms with Gasteiger partial charge in [0.15, 0.2) is 5.15 Å². The van der Waals surface area contributed by atoms with Crippen LogP contribution in [0.2, 0.25) is 5.15 Å². The van der Waals surface area contributed by atoms with E-state index in [2.05, 4.69) is 4.98 Å². The standard InChI is InChI=1S/C14H19ClN2O3/c1-19-14(18)11-4-2-3-10-12(15)16-13(17(10)11)9-5-7-20-8-6-9/h9,11H,2-8H2,1H3. The molecule has 0 amide bonds. The van der Waals surface area contributed by atoms with Crippen LogP contribution in [0.5, 0.6) is 0 Å². The minimum absolute atomic E-state index is 0.201. The van der Waals surface area contributed by atoms with Crippen molar-refractivity contribution in [3.05, 3.63) is 16.7 Å². The van der Waals surface area contributed by atoms with Gasteiger partial charge in [-0.05, 0) is 32.1 Å². The Morgan fingerprint density at radius 3 is 2.85 bits per heavy atom. The van der Waals surface area contributed by atoms with Crippen LogP contribution in [0.4, 0.5) is 0 Å². The number of hydrogen-bond acceptors (Lipinski definition) is 4. The van der Waals surface area contributed by atoms with Crippen LogP contribution in [0, 0.1) is 0 Å². The Kier molecular flexibility index (Phi) is 3.98. The van der Waals surface area contributed by atoms with E-state index in [-0.39, 0.29) is 12.0 Å². The van der Waals surface area contributed by atoms with Crippen molar-refractivity contribution in [3.8, 4) is 0 Å². The van der Waals surface area contributed by atoms with Crippen molar-refractivity contribution in [2.24, 2.45) is 0 Å². The normalized spacial score (nSPS) is 23.4. The number of methoxy groups -OCH3 is 1. The maximum atomic E-state index is 12.0. The molecule has 1 unspecified atom stereocenters. The van der Waals surface area contributed by atoms with Gasteiger partial charge in [-0.25, -0.2) is 9.78 Å². The van der Waals surface area contributed by atoms with E-state index in [1.54, 1.807) is 0 Å². The lowest BCUT2D eigenvalue weighted by Crippen LogP contribution is -2.29. The first kappa shape index (κ1) is 13.9. The average molecular weight is 299 g/mol. The van der Waals surface area contributed by atoms with Crippen LogP contribution in [0.1, 0.15) is 49.2 Å². The van der Waals surface area contributed by atoms with Gasteiger partial charge in [0.2, 0.25) is 0 Å². The summed E-state index contributed by atoms with van der Waals surface area (Å²) in [5.41, 5.74) is 0.981. The number of rotatable bonds is 2. The quantitative estimate of drug-likeness (QED) is 0.787. The van der Waals surface area contributed by atoms with Crippen LogP contribution in [-0.4, -0.2) is 35.8 Å². The van der Waals surface area contributed by atoms with Crippen LogP contribution >= 0.6 is 11.6 Å². The van der Waals surface area contributed by atoms with E-state index in [0.29, 0.717) is 11.1 Å². The molecular weight excluding hydrogens is 280 g/mol. The van der Waals surface area contributed by atoms with E-state index >= 15 is 0 Å². The van der Waals surface area contributed by atoms with Crippen molar-refractivity contribution in [1.82, 2.24) is 9.55 Å². The lowest BCUT2D eigenvalue weighted by Gasteiger charge is -2.29.